The quantitative estimate of drug-likeness (QED) is 0.825. The molecule has 1 aliphatic rings. The third kappa shape index (κ3) is 1.91. The molecule has 0 spiro atoms. The second kappa shape index (κ2) is 3.72. The molecule has 0 aromatic carbocycles. The molecule has 0 aliphatic carbocycles. The Balaban J connectivity index is 2.14. The lowest BCUT2D eigenvalue weighted by Gasteiger charge is -2.28. The third-order valence-corrected chi connectivity index (χ3v) is 3.31. The number of hydrogen-bond acceptors (Lipinski definition) is 2. The zero-order valence-electron chi connectivity index (χ0n) is 9.25. The molecule has 1 aromatic rings. The molecule has 1 N–H and O–H groups in total. The van der Waals surface area contributed by atoms with Crippen LogP contribution in [-0.4, -0.2) is 11.9 Å². The van der Waals surface area contributed by atoms with Crippen LogP contribution in [0.25, 0.3) is 0 Å². The van der Waals surface area contributed by atoms with Gasteiger partial charge in [-0.25, -0.2) is 0 Å². The van der Waals surface area contributed by atoms with Gasteiger partial charge in [0, 0.05) is 24.3 Å². The summed E-state index contributed by atoms with van der Waals surface area (Å²) in [6.45, 7) is 4.26. The van der Waals surface area contributed by atoms with Gasteiger partial charge in [0.2, 0.25) is 5.91 Å². The zero-order chi connectivity index (χ0) is 10.9. The van der Waals surface area contributed by atoms with E-state index in [9.17, 15) is 4.79 Å². The maximum absolute atomic E-state index is 11.4. The van der Waals surface area contributed by atoms with Crippen molar-refractivity contribution >= 4 is 5.91 Å². The topological polar surface area (TPSA) is 42.2 Å². The van der Waals surface area contributed by atoms with E-state index >= 15 is 0 Å². The first-order valence-electron chi connectivity index (χ1n) is 5.46. The number of rotatable bonds is 3. The molecule has 3 nitrogen and oxygen atoms in total. The lowest BCUT2D eigenvalue weighted by molar-refractivity contribution is -0.119. The highest BCUT2D eigenvalue weighted by molar-refractivity contribution is 5.79. The van der Waals surface area contributed by atoms with E-state index < -0.39 is 0 Å². The van der Waals surface area contributed by atoms with Crippen molar-refractivity contribution in [3.8, 4) is 0 Å². The smallest absolute Gasteiger partial charge is 0.220 e. The summed E-state index contributed by atoms with van der Waals surface area (Å²) in [6, 6.07) is 4.14. The van der Waals surface area contributed by atoms with Crippen molar-refractivity contribution in [2.24, 2.45) is 5.41 Å². The monoisotopic (exact) mass is 207 g/mol. The van der Waals surface area contributed by atoms with Crippen LogP contribution in [0.15, 0.2) is 22.8 Å². The summed E-state index contributed by atoms with van der Waals surface area (Å²) in [6.07, 6.45) is 4.09. The largest absolute Gasteiger partial charge is 0.469 e. The zero-order valence-corrected chi connectivity index (χ0v) is 9.25. The highest BCUT2D eigenvalue weighted by Gasteiger charge is 2.42. The van der Waals surface area contributed by atoms with E-state index in [1.54, 1.807) is 6.26 Å². The number of carbonyl (C=O) groups is 1. The summed E-state index contributed by atoms with van der Waals surface area (Å²) in [5, 5.41) is 3.03. The minimum atomic E-state index is 0.00366. The van der Waals surface area contributed by atoms with Crippen molar-refractivity contribution < 1.29 is 9.21 Å². The van der Waals surface area contributed by atoms with Gasteiger partial charge in [0.15, 0.2) is 0 Å². The molecule has 3 heteroatoms. The molecule has 2 atom stereocenters. The van der Waals surface area contributed by atoms with Gasteiger partial charge < -0.3 is 9.73 Å². The van der Waals surface area contributed by atoms with Crippen molar-refractivity contribution in [2.75, 3.05) is 0 Å². The van der Waals surface area contributed by atoms with Gasteiger partial charge in [-0.2, -0.15) is 0 Å². The number of furan rings is 1. The van der Waals surface area contributed by atoms with Crippen LogP contribution in [0.5, 0.6) is 0 Å². The van der Waals surface area contributed by atoms with E-state index in [2.05, 4.69) is 19.2 Å². The highest BCUT2D eigenvalue weighted by atomic mass is 16.3. The van der Waals surface area contributed by atoms with Crippen molar-refractivity contribution in [2.45, 2.75) is 39.2 Å². The van der Waals surface area contributed by atoms with Gasteiger partial charge in [0.05, 0.1) is 6.26 Å². The molecule has 1 aliphatic heterocycles. The Morgan fingerprint density at radius 3 is 3.07 bits per heavy atom. The molecule has 0 saturated carbocycles. The van der Waals surface area contributed by atoms with Crippen LogP contribution in [0, 0.1) is 5.41 Å². The molecule has 1 aromatic heterocycles. The fraction of sp³-hybridized carbons (Fsp3) is 0.583. The first-order chi connectivity index (χ1) is 7.14. The van der Waals surface area contributed by atoms with Crippen molar-refractivity contribution in [1.29, 1.82) is 0 Å². The first-order valence-corrected chi connectivity index (χ1v) is 5.46. The number of hydrogen-bond donors (Lipinski definition) is 1. The van der Waals surface area contributed by atoms with E-state index in [1.165, 1.54) is 0 Å². The lowest BCUT2D eigenvalue weighted by atomic mass is 9.77. The first kappa shape index (κ1) is 10.3. The van der Waals surface area contributed by atoms with Crippen LogP contribution in [0.3, 0.4) is 0 Å². The summed E-state index contributed by atoms with van der Waals surface area (Å²) >= 11 is 0. The van der Waals surface area contributed by atoms with Crippen molar-refractivity contribution in [1.82, 2.24) is 5.32 Å². The Morgan fingerprint density at radius 2 is 2.47 bits per heavy atom. The van der Waals surface area contributed by atoms with Gasteiger partial charge in [-0.15, -0.1) is 0 Å². The van der Waals surface area contributed by atoms with Gasteiger partial charge in [0.25, 0.3) is 0 Å². The summed E-state index contributed by atoms with van der Waals surface area (Å²) in [5.74, 6) is 1.13. The van der Waals surface area contributed by atoms with Crippen LogP contribution in [0.4, 0.5) is 0 Å². The molecule has 0 bridgehead atoms. The molecule has 1 saturated heterocycles. The Hall–Kier alpha value is -1.25. The van der Waals surface area contributed by atoms with Crippen LogP contribution >= 0.6 is 0 Å². The Labute approximate surface area is 89.9 Å². The molecule has 2 unspecified atom stereocenters. The van der Waals surface area contributed by atoms with Gasteiger partial charge in [0.1, 0.15) is 5.76 Å². The number of nitrogens with one attached hydrogen (secondary N) is 1. The maximum Gasteiger partial charge on any atom is 0.220 e. The van der Waals surface area contributed by atoms with E-state index in [-0.39, 0.29) is 17.4 Å². The fourth-order valence-corrected chi connectivity index (χ4v) is 2.50. The molecule has 1 amide bonds. The molecule has 15 heavy (non-hydrogen) atoms. The number of amides is 1. The molecular weight excluding hydrogens is 190 g/mol. The second-order valence-corrected chi connectivity index (χ2v) is 4.62. The molecule has 2 rings (SSSR count). The standard InChI is InChI=1S/C12H17NO2/c1-3-10-12(2,8-11(14)13-10)7-9-5-4-6-15-9/h4-6,10H,3,7-8H2,1-2H3,(H,13,14). The predicted octanol–water partition coefficient (Wildman–Crippen LogP) is 2.13. The van der Waals surface area contributed by atoms with Gasteiger partial charge >= 0.3 is 0 Å². The third-order valence-electron chi connectivity index (χ3n) is 3.31. The van der Waals surface area contributed by atoms with Crippen molar-refractivity contribution in [3.05, 3.63) is 24.2 Å². The van der Waals surface area contributed by atoms with E-state index in [0.717, 1.165) is 18.6 Å². The van der Waals surface area contributed by atoms with E-state index in [1.807, 2.05) is 12.1 Å². The van der Waals surface area contributed by atoms with Gasteiger partial charge in [-0.05, 0) is 18.6 Å². The minimum absolute atomic E-state index is 0.00366. The normalized spacial score (nSPS) is 30.5. The summed E-state index contributed by atoms with van der Waals surface area (Å²) in [7, 11) is 0. The Morgan fingerprint density at radius 1 is 1.67 bits per heavy atom. The van der Waals surface area contributed by atoms with Gasteiger partial charge in [-0.1, -0.05) is 13.8 Å². The van der Waals surface area contributed by atoms with Crippen molar-refractivity contribution in [3.63, 3.8) is 0 Å². The van der Waals surface area contributed by atoms with Crippen LogP contribution in [-0.2, 0) is 11.2 Å². The number of carbonyl (C=O) groups excluding carboxylic acids is 1. The average Bonchev–Trinajstić information content (AvgIpc) is 2.74. The fourth-order valence-electron chi connectivity index (χ4n) is 2.50. The molecule has 2 heterocycles. The summed E-state index contributed by atoms with van der Waals surface area (Å²) < 4.78 is 5.35. The lowest BCUT2D eigenvalue weighted by Crippen LogP contribution is -2.35. The van der Waals surface area contributed by atoms with E-state index in [0.29, 0.717) is 6.42 Å². The van der Waals surface area contributed by atoms with Crippen LogP contribution < -0.4 is 5.32 Å². The van der Waals surface area contributed by atoms with Crippen LogP contribution in [0.2, 0.25) is 0 Å². The average molecular weight is 207 g/mol. The minimum Gasteiger partial charge on any atom is -0.469 e. The van der Waals surface area contributed by atoms with E-state index in [4.69, 9.17) is 4.42 Å². The Kier molecular flexibility index (Phi) is 2.55. The van der Waals surface area contributed by atoms with Crippen LogP contribution in [0.1, 0.15) is 32.4 Å². The van der Waals surface area contributed by atoms with Gasteiger partial charge in [-0.3, -0.25) is 4.79 Å². The molecule has 0 radical (unpaired) electrons. The highest BCUT2D eigenvalue weighted by Crippen LogP contribution is 2.36. The Bertz CT molecular complexity index is 345. The predicted molar refractivity (Wildman–Crippen MR) is 57.4 cm³/mol. The SMILES string of the molecule is CCC1NC(=O)CC1(C)Cc1ccco1. The summed E-state index contributed by atoms with van der Waals surface area (Å²) in [4.78, 5) is 11.4. The molecule has 1 fully saturated rings. The second-order valence-electron chi connectivity index (χ2n) is 4.62. The summed E-state index contributed by atoms with van der Waals surface area (Å²) in [5.41, 5.74) is 0.00366. The molecular formula is C12H17NO2. The molecule has 82 valence electrons. The maximum atomic E-state index is 11.4.